The van der Waals surface area contributed by atoms with Crippen molar-refractivity contribution >= 4 is 23.3 Å². The first kappa shape index (κ1) is 17.5. The fraction of sp³-hybridized carbons (Fsp3) is 0.263. The summed E-state index contributed by atoms with van der Waals surface area (Å²) in [5, 5.41) is 9.75. The Labute approximate surface area is 141 Å². The molecular formula is C19H21NO4. The Kier molecular flexibility index (Phi) is 5.58. The molecule has 0 spiro atoms. The lowest BCUT2D eigenvalue weighted by Gasteiger charge is -2.25. The number of anilines is 2. The highest BCUT2D eigenvalue weighted by Gasteiger charge is 2.21. The van der Waals surface area contributed by atoms with Gasteiger partial charge in [-0.1, -0.05) is 23.8 Å². The molecule has 0 saturated carbocycles. The van der Waals surface area contributed by atoms with Crippen LogP contribution in [0.15, 0.2) is 42.5 Å². The number of aromatic hydroxyl groups is 1. The molecule has 0 aliphatic heterocycles. The summed E-state index contributed by atoms with van der Waals surface area (Å²) >= 11 is 0. The van der Waals surface area contributed by atoms with Crippen molar-refractivity contribution in [2.24, 2.45) is 0 Å². The van der Waals surface area contributed by atoms with Gasteiger partial charge in [0, 0.05) is 12.5 Å². The summed E-state index contributed by atoms with van der Waals surface area (Å²) in [7, 11) is 1.30. The normalized spacial score (nSPS) is 10.3. The zero-order valence-electron chi connectivity index (χ0n) is 14.1. The summed E-state index contributed by atoms with van der Waals surface area (Å²) in [6.07, 6.45) is 0.0329. The Morgan fingerprint density at radius 1 is 1.08 bits per heavy atom. The maximum atomic E-state index is 12.7. The smallest absolute Gasteiger partial charge is 0.306 e. The van der Waals surface area contributed by atoms with E-state index >= 15 is 0 Å². The summed E-state index contributed by atoms with van der Waals surface area (Å²) in [5.74, 6) is -0.596. The molecule has 0 saturated heterocycles. The number of esters is 1. The van der Waals surface area contributed by atoms with Crippen molar-refractivity contribution in [3.63, 3.8) is 0 Å². The van der Waals surface area contributed by atoms with E-state index in [1.165, 1.54) is 18.1 Å². The van der Waals surface area contributed by atoms with Crippen LogP contribution in [-0.2, 0) is 14.3 Å². The largest absolute Gasteiger partial charge is 0.508 e. The standard InChI is InChI=1S/C19H21NO4/c1-13-7-8-17(14(2)11-13)20(15-5-4-6-16(21)12-15)18(22)9-10-19(23)24-3/h4-8,11-12,21H,9-10H2,1-3H3. The highest BCUT2D eigenvalue weighted by molar-refractivity contribution is 6.02. The quantitative estimate of drug-likeness (QED) is 0.852. The lowest BCUT2D eigenvalue weighted by Crippen LogP contribution is -2.27. The van der Waals surface area contributed by atoms with Crippen LogP contribution in [0.4, 0.5) is 11.4 Å². The van der Waals surface area contributed by atoms with Crippen LogP contribution in [0.3, 0.4) is 0 Å². The fourth-order valence-electron chi connectivity index (χ4n) is 2.53. The minimum atomic E-state index is -0.431. The number of hydrogen-bond donors (Lipinski definition) is 1. The molecule has 5 nitrogen and oxygen atoms in total. The Morgan fingerprint density at radius 3 is 2.46 bits per heavy atom. The molecule has 126 valence electrons. The number of aryl methyl sites for hydroxylation is 2. The van der Waals surface area contributed by atoms with Crippen LogP contribution in [0.2, 0.25) is 0 Å². The Hall–Kier alpha value is -2.82. The third-order valence-electron chi connectivity index (χ3n) is 3.70. The van der Waals surface area contributed by atoms with E-state index in [-0.39, 0.29) is 24.5 Å². The molecular weight excluding hydrogens is 306 g/mol. The molecule has 1 amide bonds. The number of carbonyl (C=O) groups is 2. The number of phenols is 1. The van der Waals surface area contributed by atoms with Crippen LogP contribution in [0, 0.1) is 13.8 Å². The molecule has 2 aromatic carbocycles. The number of ether oxygens (including phenoxy) is 1. The molecule has 0 heterocycles. The molecule has 0 bridgehead atoms. The number of rotatable bonds is 5. The number of phenolic OH excluding ortho intramolecular Hbond substituents is 1. The first-order valence-electron chi connectivity index (χ1n) is 7.68. The SMILES string of the molecule is COC(=O)CCC(=O)N(c1cccc(O)c1)c1ccc(C)cc1C. The minimum Gasteiger partial charge on any atom is -0.508 e. The number of methoxy groups -OCH3 is 1. The predicted molar refractivity (Wildman–Crippen MR) is 92.4 cm³/mol. The maximum absolute atomic E-state index is 12.7. The van der Waals surface area contributed by atoms with Gasteiger partial charge in [0.15, 0.2) is 0 Å². The molecule has 2 rings (SSSR count). The molecule has 0 radical (unpaired) electrons. The van der Waals surface area contributed by atoms with Crippen LogP contribution in [0.1, 0.15) is 24.0 Å². The van der Waals surface area contributed by atoms with E-state index in [0.717, 1.165) is 16.8 Å². The third-order valence-corrected chi connectivity index (χ3v) is 3.70. The Balaban J connectivity index is 2.41. The average Bonchev–Trinajstić information content (AvgIpc) is 2.55. The van der Waals surface area contributed by atoms with Crippen molar-refractivity contribution in [1.29, 1.82) is 0 Å². The lowest BCUT2D eigenvalue weighted by molar-refractivity contribution is -0.141. The predicted octanol–water partition coefficient (Wildman–Crippen LogP) is 3.63. The molecule has 5 heteroatoms. The number of benzene rings is 2. The molecule has 1 N–H and O–H groups in total. The van der Waals surface area contributed by atoms with E-state index in [9.17, 15) is 14.7 Å². The second-order valence-electron chi connectivity index (χ2n) is 5.62. The summed E-state index contributed by atoms with van der Waals surface area (Å²) in [4.78, 5) is 25.6. The number of amides is 1. The van der Waals surface area contributed by atoms with E-state index < -0.39 is 5.97 Å². The van der Waals surface area contributed by atoms with Crippen molar-refractivity contribution in [1.82, 2.24) is 0 Å². The van der Waals surface area contributed by atoms with Gasteiger partial charge in [0.2, 0.25) is 5.91 Å². The van der Waals surface area contributed by atoms with E-state index in [1.54, 1.807) is 18.2 Å². The van der Waals surface area contributed by atoms with E-state index in [4.69, 9.17) is 0 Å². The van der Waals surface area contributed by atoms with E-state index in [1.807, 2.05) is 32.0 Å². The lowest BCUT2D eigenvalue weighted by atomic mass is 10.1. The van der Waals surface area contributed by atoms with Crippen molar-refractivity contribution in [2.45, 2.75) is 26.7 Å². The summed E-state index contributed by atoms with van der Waals surface area (Å²) in [6, 6.07) is 12.3. The maximum Gasteiger partial charge on any atom is 0.306 e. The molecule has 0 unspecified atom stereocenters. The second-order valence-corrected chi connectivity index (χ2v) is 5.62. The van der Waals surface area contributed by atoms with Crippen LogP contribution in [-0.4, -0.2) is 24.1 Å². The highest BCUT2D eigenvalue weighted by Crippen LogP contribution is 2.31. The van der Waals surface area contributed by atoms with Gasteiger partial charge in [-0.15, -0.1) is 0 Å². The van der Waals surface area contributed by atoms with Gasteiger partial charge in [-0.05, 0) is 37.6 Å². The zero-order valence-corrected chi connectivity index (χ0v) is 14.1. The number of hydrogen-bond acceptors (Lipinski definition) is 4. The second kappa shape index (κ2) is 7.64. The van der Waals surface area contributed by atoms with Gasteiger partial charge in [-0.3, -0.25) is 14.5 Å². The van der Waals surface area contributed by atoms with Crippen molar-refractivity contribution < 1.29 is 19.4 Å². The topological polar surface area (TPSA) is 66.8 Å². The van der Waals surface area contributed by atoms with Gasteiger partial charge in [0.05, 0.1) is 24.9 Å². The van der Waals surface area contributed by atoms with Crippen molar-refractivity contribution in [3.8, 4) is 5.75 Å². The monoisotopic (exact) mass is 327 g/mol. The van der Waals surface area contributed by atoms with Crippen molar-refractivity contribution in [3.05, 3.63) is 53.6 Å². The molecule has 0 aromatic heterocycles. The van der Waals surface area contributed by atoms with Gasteiger partial charge in [0.25, 0.3) is 0 Å². The first-order chi connectivity index (χ1) is 11.4. The van der Waals surface area contributed by atoms with Gasteiger partial charge >= 0.3 is 5.97 Å². The van der Waals surface area contributed by atoms with E-state index in [2.05, 4.69) is 4.74 Å². The Morgan fingerprint density at radius 2 is 1.83 bits per heavy atom. The summed E-state index contributed by atoms with van der Waals surface area (Å²) in [5.41, 5.74) is 3.30. The molecule has 24 heavy (non-hydrogen) atoms. The first-order valence-corrected chi connectivity index (χ1v) is 7.68. The summed E-state index contributed by atoms with van der Waals surface area (Å²) in [6.45, 7) is 3.90. The van der Waals surface area contributed by atoms with Gasteiger partial charge < -0.3 is 9.84 Å². The average molecular weight is 327 g/mol. The minimum absolute atomic E-state index is 0.00948. The molecule has 0 atom stereocenters. The number of nitrogens with zero attached hydrogens (tertiary/aromatic N) is 1. The van der Waals surface area contributed by atoms with Gasteiger partial charge in [-0.25, -0.2) is 0 Å². The van der Waals surface area contributed by atoms with Gasteiger partial charge in [0.1, 0.15) is 5.75 Å². The van der Waals surface area contributed by atoms with Crippen LogP contribution >= 0.6 is 0 Å². The van der Waals surface area contributed by atoms with Crippen LogP contribution < -0.4 is 4.90 Å². The van der Waals surface area contributed by atoms with E-state index in [0.29, 0.717) is 5.69 Å². The zero-order chi connectivity index (χ0) is 17.7. The third kappa shape index (κ3) is 4.13. The Bertz CT molecular complexity index is 755. The summed E-state index contributed by atoms with van der Waals surface area (Å²) < 4.78 is 4.60. The van der Waals surface area contributed by atoms with Crippen molar-refractivity contribution in [2.75, 3.05) is 12.0 Å². The van der Waals surface area contributed by atoms with Gasteiger partial charge in [-0.2, -0.15) is 0 Å². The molecule has 0 fully saturated rings. The molecule has 0 aliphatic rings. The number of carbonyl (C=O) groups excluding carboxylic acids is 2. The highest BCUT2D eigenvalue weighted by atomic mass is 16.5. The molecule has 0 aliphatic carbocycles. The molecule has 2 aromatic rings. The fourth-order valence-corrected chi connectivity index (χ4v) is 2.53. The van der Waals surface area contributed by atoms with Crippen LogP contribution in [0.5, 0.6) is 5.75 Å². The van der Waals surface area contributed by atoms with Crippen LogP contribution in [0.25, 0.3) is 0 Å².